The highest BCUT2D eigenvalue weighted by atomic mass is 35.5. The van der Waals surface area contributed by atoms with Gasteiger partial charge in [-0.15, -0.1) is 35.0 Å². The number of aryl methyl sites for hydroxylation is 1. The zero-order chi connectivity index (χ0) is 14.7. The van der Waals surface area contributed by atoms with Crippen LogP contribution in [0.5, 0.6) is 0 Å². The first-order chi connectivity index (χ1) is 10.2. The number of aromatic nitrogens is 3. The van der Waals surface area contributed by atoms with Crippen molar-refractivity contribution in [1.29, 1.82) is 0 Å². The molecular formula is C15H27Cl2N5O. The van der Waals surface area contributed by atoms with Gasteiger partial charge in [0, 0.05) is 19.4 Å². The lowest BCUT2D eigenvalue weighted by Crippen LogP contribution is -2.31. The smallest absolute Gasteiger partial charge is 0.220 e. The summed E-state index contributed by atoms with van der Waals surface area (Å²) in [7, 11) is 0. The molecule has 2 aliphatic rings. The molecule has 8 heteroatoms. The summed E-state index contributed by atoms with van der Waals surface area (Å²) in [6.07, 6.45) is 6.15. The van der Waals surface area contributed by atoms with E-state index >= 15 is 0 Å². The summed E-state index contributed by atoms with van der Waals surface area (Å²) in [6, 6.07) is -0.0510. The molecule has 1 aromatic heterocycles. The molecule has 3 heterocycles. The van der Waals surface area contributed by atoms with E-state index in [0.717, 1.165) is 50.5 Å². The van der Waals surface area contributed by atoms with Gasteiger partial charge in [-0.05, 0) is 51.6 Å². The summed E-state index contributed by atoms with van der Waals surface area (Å²) in [5.74, 6) is 2.79. The minimum absolute atomic E-state index is 0. The molecule has 132 valence electrons. The third kappa shape index (κ3) is 5.06. The van der Waals surface area contributed by atoms with Crippen LogP contribution in [-0.4, -0.2) is 33.8 Å². The lowest BCUT2D eigenvalue weighted by atomic mass is 9.93. The molecule has 0 radical (unpaired) electrons. The Labute approximate surface area is 150 Å². The molecule has 0 bridgehead atoms. The molecule has 23 heavy (non-hydrogen) atoms. The number of carbonyl (C=O) groups excluding carboxylic acids is 1. The minimum Gasteiger partial charge on any atom is -0.346 e. The quantitative estimate of drug-likeness (QED) is 0.839. The summed E-state index contributed by atoms with van der Waals surface area (Å²) in [4.78, 5) is 12.1. The van der Waals surface area contributed by atoms with Crippen molar-refractivity contribution in [2.45, 2.75) is 58.0 Å². The lowest BCUT2D eigenvalue weighted by molar-refractivity contribution is -0.122. The molecule has 0 aliphatic carbocycles. The molecule has 1 unspecified atom stereocenters. The lowest BCUT2D eigenvalue weighted by Gasteiger charge is -2.22. The van der Waals surface area contributed by atoms with Crippen LogP contribution in [-0.2, 0) is 17.8 Å². The number of nitrogens with one attached hydrogen (secondary N) is 2. The molecule has 0 saturated carbocycles. The third-order valence-corrected chi connectivity index (χ3v) is 4.64. The van der Waals surface area contributed by atoms with Crippen molar-refractivity contribution in [3.8, 4) is 0 Å². The summed E-state index contributed by atoms with van der Waals surface area (Å²) in [6.45, 7) is 5.16. The van der Waals surface area contributed by atoms with Gasteiger partial charge in [0.2, 0.25) is 5.91 Å². The predicted molar refractivity (Wildman–Crippen MR) is 94.2 cm³/mol. The van der Waals surface area contributed by atoms with E-state index in [1.165, 1.54) is 12.8 Å². The first-order valence-corrected chi connectivity index (χ1v) is 8.16. The van der Waals surface area contributed by atoms with Crippen molar-refractivity contribution in [3.63, 3.8) is 0 Å². The summed E-state index contributed by atoms with van der Waals surface area (Å²) in [5.41, 5.74) is 0. The van der Waals surface area contributed by atoms with Gasteiger partial charge in [0.05, 0.1) is 6.04 Å². The Morgan fingerprint density at radius 2 is 2.09 bits per heavy atom. The van der Waals surface area contributed by atoms with Crippen LogP contribution in [0, 0.1) is 5.92 Å². The fourth-order valence-corrected chi connectivity index (χ4v) is 3.38. The van der Waals surface area contributed by atoms with Gasteiger partial charge in [-0.25, -0.2) is 0 Å². The number of fused-ring (bicyclic) bond motifs is 1. The Balaban J connectivity index is 0.00000132. The molecule has 0 aromatic carbocycles. The molecular weight excluding hydrogens is 337 g/mol. The Hall–Kier alpha value is -0.850. The van der Waals surface area contributed by atoms with Crippen molar-refractivity contribution < 1.29 is 4.79 Å². The van der Waals surface area contributed by atoms with Gasteiger partial charge in [-0.2, -0.15) is 0 Å². The van der Waals surface area contributed by atoms with Crippen LogP contribution in [0.3, 0.4) is 0 Å². The maximum absolute atomic E-state index is 12.1. The van der Waals surface area contributed by atoms with Gasteiger partial charge in [-0.3, -0.25) is 4.79 Å². The molecule has 2 aliphatic heterocycles. The van der Waals surface area contributed by atoms with Crippen LogP contribution in [0.15, 0.2) is 0 Å². The average Bonchev–Trinajstić information content (AvgIpc) is 3.09. The molecule has 2 N–H and O–H groups in total. The summed E-state index contributed by atoms with van der Waals surface area (Å²) < 4.78 is 2.15. The zero-order valence-corrected chi connectivity index (χ0v) is 15.2. The fraction of sp³-hybridized carbons (Fsp3) is 0.800. The third-order valence-electron chi connectivity index (χ3n) is 4.64. The van der Waals surface area contributed by atoms with Crippen LogP contribution in [0.25, 0.3) is 0 Å². The van der Waals surface area contributed by atoms with Gasteiger partial charge in [-0.1, -0.05) is 0 Å². The van der Waals surface area contributed by atoms with Crippen LogP contribution >= 0.6 is 24.8 Å². The van der Waals surface area contributed by atoms with Crippen LogP contribution in [0.4, 0.5) is 0 Å². The maximum atomic E-state index is 12.1. The van der Waals surface area contributed by atoms with Gasteiger partial charge in [0.15, 0.2) is 5.82 Å². The number of rotatable bonds is 5. The van der Waals surface area contributed by atoms with Gasteiger partial charge >= 0.3 is 0 Å². The van der Waals surface area contributed by atoms with E-state index in [-0.39, 0.29) is 36.8 Å². The summed E-state index contributed by atoms with van der Waals surface area (Å²) in [5, 5.41) is 14.9. The van der Waals surface area contributed by atoms with E-state index in [2.05, 4.69) is 25.4 Å². The number of carbonyl (C=O) groups is 1. The largest absolute Gasteiger partial charge is 0.346 e. The summed E-state index contributed by atoms with van der Waals surface area (Å²) >= 11 is 0. The van der Waals surface area contributed by atoms with Crippen molar-refractivity contribution in [1.82, 2.24) is 25.4 Å². The van der Waals surface area contributed by atoms with Crippen LogP contribution < -0.4 is 10.6 Å². The second kappa shape index (κ2) is 9.45. The normalized spacial score (nSPS) is 18.5. The molecule has 3 rings (SSSR count). The van der Waals surface area contributed by atoms with Crippen LogP contribution in [0.1, 0.15) is 56.7 Å². The van der Waals surface area contributed by atoms with Crippen molar-refractivity contribution in [2.75, 3.05) is 13.1 Å². The molecule has 6 nitrogen and oxygen atoms in total. The molecule has 1 atom stereocenters. The Morgan fingerprint density at radius 3 is 2.83 bits per heavy atom. The Bertz CT molecular complexity index is 502. The number of piperidine rings is 1. The van der Waals surface area contributed by atoms with Crippen molar-refractivity contribution in [3.05, 3.63) is 11.6 Å². The van der Waals surface area contributed by atoms with Crippen molar-refractivity contribution in [2.24, 2.45) is 5.92 Å². The van der Waals surface area contributed by atoms with Gasteiger partial charge < -0.3 is 15.2 Å². The van der Waals surface area contributed by atoms with E-state index in [9.17, 15) is 4.79 Å². The molecule has 1 fully saturated rings. The Morgan fingerprint density at radius 1 is 1.35 bits per heavy atom. The zero-order valence-electron chi connectivity index (χ0n) is 13.6. The van der Waals surface area contributed by atoms with E-state index in [0.29, 0.717) is 12.3 Å². The molecule has 1 aromatic rings. The first kappa shape index (κ1) is 20.2. The van der Waals surface area contributed by atoms with E-state index in [1.807, 2.05) is 6.92 Å². The highest BCUT2D eigenvalue weighted by Crippen LogP contribution is 2.20. The highest BCUT2D eigenvalue weighted by Gasteiger charge is 2.22. The number of amides is 1. The number of halogens is 2. The van der Waals surface area contributed by atoms with Gasteiger partial charge in [0.25, 0.3) is 0 Å². The number of nitrogens with zero attached hydrogens (tertiary/aromatic N) is 3. The topological polar surface area (TPSA) is 71.8 Å². The number of hydrogen-bond donors (Lipinski definition) is 2. The van der Waals surface area contributed by atoms with E-state index < -0.39 is 0 Å². The monoisotopic (exact) mass is 363 g/mol. The first-order valence-electron chi connectivity index (χ1n) is 8.16. The predicted octanol–water partition coefficient (Wildman–Crippen LogP) is 2.02. The standard InChI is InChI=1S/C15H25N5O.2ClH/c1-11(15-19-18-13-3-2-10-20(13)15)17-14(21)5-4-12-6-8-16-9-7-12;;/h11-12,16H,2-10H2,1H3,(H,17,21);2*1H. The van der Waals surface area contributed by atoms with E-state index in [1.54, 1.807) is 0 Å². The second-order valence-corrected chi connectivity index (χ2v) is 6.25. The second-order valence-electron chi connectivity index (χ2n) is 6.25. The number of hydrogen-bond acceptors (Lipinski definition) is 4. The van der Waals surface area contributed by atoms with E-state index in [4.69, 9.17) is 0 Å². The molecule has 1 amide bonds. The highest BCUT2D eigenvalue weighted by molar-refractivity contribution is 5.85. The van der Waals surface area contributed by atoms with Gasteiger partial charge in [0.1, 0.15) is 5.82 Å². The average molecular weight is 364 g/mol. The molecule has 1 saturated heterocycles. The van der Waals surface area contributed by atoms with Crippen LogP contribution in [0.2, 0.25) is 0 Å². The minimum atomic E-state index is -0.0510. The fourth-order valence-electron chi connectivity index (χ4n) is 3.38. The molecule has 0 spiro atoms. The maximum Gasteiger partial charge on any atom is 0.220 e. The SMILES string of the molecule is CC(NC(=O)CCC1CCNCC1)c1nnc2n1CCC2.Cl.Cl. The van der Waals surface area contributed by atoms with Crippen molar-refractivity contribution >= 4 is 30.7 Å². The Kier molecular flexibility index (Phi) is 8.29.